The van der Waals surface area contributed by atoms with E-state index < -0.39 is 0 Å². The molecule has 0 amide bonds. The monoisotopic (exact) mass is 240 g/mol. The van der Waals surface area contributed by atoms with Crippen LogP contribution in [0.5, 0.6) is 5.88 Å². The van der Waals surface area contributed by atoms with Gasteiger partial charge < -0.3 is 4.74 Å². The van der Waals surface area contributed by atoms with Crippen molar-refractivity contribution in [2.45, 2.75) is 33.1 Å². The summed E-state index contributed by atoms with van der Waals surface area (Å²) in [5.41, 5.74) is 1.96. The average molecular weight is 241 g/mol. The summed E-state index contributed by atoms with van der Waals surface area (Å²) in [5.74, 6) is 0.824. The Morgan fingerprint density at radius 1 is 1.50 bits per heavy atom. The summed E-state index contributed by atoms with van der Waals surface area (Å²) in [4.78, 5) is 8.07. The summed E-state index contributed by atoms with van der Waals surface area (Å²) in [6.07, 6.45) is 2.24. The molecule has 0 N–H and O–H groups in total. The van der Waals surface area contributed by atoms with Crippen molar-refractivity contribution in [1.82, 2.24) is 9.97 Å². The molecule has 0 aliphatic heterocycles. The topological polar surface area (TPSA) is 35.0 Å². The predicted octanol–water partition coefficient (Wildman–Crippen LogP) is 3.60. The van der Waals surface area contributed by atoms with Gasteiger partial charge in [-0.2, -0.15) is 0 Å². The predicted molar refractivity (Wildman–Crippen MR) is 66.1 cm³/mol. The van der Waals surface area contributed by atoms with Crippen molar-refractivity contribution < 1.29 is 4.74 Å². The highest BCUT2D eigenvalue weighted by molar-refractivity contribution is 6.30. The first-order chi connectivity index (χ1) is 7.52. The highest BCUT2D eigenvalue weighted by Gasteiger charge is 2.14. The fourth-order valence-corrected chi connectivity index (χ4v) is 1.62. The molecule has 1 heterocycles. The first kappa shape index (κ1) is 13.0. The van der Waals surface area contributed by atoms with Crippen molar-refractivity contribution in [3.63, 3.8) is 0 Å². The van der Waals surface area contributed by atoms with Gasteiger partial charge in [-0.15, -0.1) is 6.58 Å². The van der Waals surface area contributed by atoms with E-state index in [9.17, 15) is 0 Å². The van der Waals surface area contributed by atoms with Crippen molar-refractivity contribution in [1.29, 1.82) is 0 Å². The van der Waals surface area contributed by atoms with E-state index in [0.717, 1.165) is 17.6 Å². The van der Waals surface area contributed by atoms with Crippen LogP contribution in [0.1, 0.15) is 38.7 Å². The third-order valence-electron chi connectivity index (χ3n) is 2.14. The van der Waals surface area contributed by atoms with Crippen molar-refractivity contribution >= 4 is 11.6 Å². The fourth-order valence-electron chi connectivity index (χ4n) is 1.28. The fraction of sp³-hybridized carbons (Fsp3) is 0.500. The molecule has 0 spiro atoms. The number of aromatic nitrogens is 2. The van der Waals surface area contributed by atoms with Gasteiger partial charge in [0.15, 0.2) is 0 Å². The summed E-state index contributed by atoms with van der Waals surface area (Å²) in [6.45, 7) is 10.4. The zero-order valence-corrected chi connectivity index (χ0v) is 10.7. The van der Waals surface area contributed by atoms with Crippen LogP contribution in [-0.2, 0) is 0 Å². The summed E-state index contributed by atoms with van der Waals surface area (Å²) in [5, 5.41) is 0.468. The lowest BCUT2D eigenvalue weighted by atomic mass is 10.1. The molecule has 0 fully saturated rings. The summed E-state index contributed by atoms with van der Waals surface area (Å²) in [6, 6.07) is 0. The molecule has 0 aliphatic carbocycles. The van der Waals surface area contributed by atoms with Gasteiger partial charge in [0.25, 0.3) is 0 Å². The van der Waals surface area contributed by atoms with E-state index in [1.54, 1.807) is 0 Å². The molecule has 0 radical (unpaired) electrons. The number of halogens is 1. The van der Waals surface area contributed by atoms with Gasteiger partial charge in [0.05, 0.1) is 12.2 Å². The van der Waals surface area contributed by atoms with Crippen LogP contribution in [0.15, 0.2) is 18.5 Å². The zero-order chi connectivity index (χ0) is 12.1. The molecule has 1 aromatic heterocycles. The summed E-state index contributed by atoms with van der Waals surface area (Å²) < 4.78 is 5.59. The minimum atomic E-state index is 0.244. The van der Waals surface area contributed by atoms with Gasteiger partial charge in [-0.1, -0.05) is 31.0 Å². The molecule has 16 heavy (non-hydrogen) atoms. The molecule has 1 rings (SSSR count). The quantitative estimate of drug-likeness (QED) is 0.583. The van der Waals surface area contributed by atoms with Crippen LogP contribution in [0.25, 0.3) is 0 Å². The van der Waals surface area contributed by atoms with Crippen LogP contribution in [0.2, 0.25) is 5.15 Å². The van der Waals surface area contributed by atoms with Gasteiger partial charge in [-0.05, 0) is 12.8 Å². The van der Waals surface area contributed by atoms with E-state index >= 15 is 0 Å². The number of hydrogen-bond donors (Lipinski definition) is 0. The van der Waals surface area contributed by atoms with E-state index in [2.05, 4.69) is 16.5 Å². The normalized spacial score (nSPS) is 10.6. The lowest BCUT2D eigenvalue weighted by molar-refractivity contribution is 0.304. The first-order valence-electron chi connectivity index (χ1n) is 5.30. The van der Waals surface area contributed by atoms with Crippen molar-refractivity contribution in [2.75, 3.05) is 6.61 Å². The largest absolute Gasteiger partial charge is 0.477 e. The maximum Gasteiger partial charge on any atom is 0.221 e. The smallest absolute Gasteiger partial charge is 0.221 e. The van der Waals surface area contributed by atoms with Gasteiger partial charge in [0.2, 0.25) is 5.88 Å². The molecule has 1 aromatic rings. The Bertz CT molecular complexity index is 377. The molecule has 0 atom stereocenters. The van der Waals surface area contributed by atoms with Gasteiger partial charge >= 0.3 is 0 Å². The molecule has 0 aromatic carbocycles. The van der Waals surface area contributed by atoms with E-state index in [-0.39, 0.29) is 5.92 Å². The molecule has 0 unspecified atom stereocenters. The molecular formula is C12H17ClN2O. The summed E-state index contributed by atoms with van der Waals surface area (Å²) >= 11 is 6.02. The van der Waals surface area contributed by atoms with E-state index in [1.807, 2.05) is 20.8 Å². The standard InChI is InChI=1S/C12H17ClN2O/c1-8(2)5-6-16-12-10(9(3)4)11(13)14-7-15-12/h7,9H,1,5-6H2,2-4H3. The maximum atomic E-state index is 6.02. The molecule has 0 aliphatic rings. The molecular weight excluding hydrogens is 224 g/mol. The van der Waals surface area contributed by atoms with Crippen molar-refractivity contribution in [3.8, 4) is 5.88 Å². The third kappa shape index (κ3) is 3.49. The minimum absolute atomic E-state index is 0.244. The second-order valence-electron chi connectivity index (χ2n) is 4.09. The Morgan fingerprint density at radius 2 is 2.19 bits per heavy atom. The van der Waals surface area contributed by atoms with E-state index in [1.165, 1.54) is 6.33 Å². The number of hydrogen-bond acceptors (Lipinski definition) is 3. The molecule has 0 bridgehead atoms. The SMILES string of the molecule is C=C(C)CCOc1ncnc(Cl)c1C(C)C. The van der Waals surface area contributed by atoms with Crippen LogP contribution in [0.3, 0.4) is 0 Å². The van der Waals surface area contributed by atoms with E-state index in [4.69, 9.17) is 16.3 Å². The van der Waals surface area contributed by atoms with Crippen LogP contribution in [-0.4, -0.2) is 16.6 Å². The lowest BCUT2D eigenvalue weighted by Crippen LogP contribution is -2.05. The lowest BCUT2D eigenvalue weighted by Gasteiger charge is -2.13. The maximum absolute atomic E-state index is 6.02. The van der Waals surface area contributed by atoms with Gasteiger partial charge in [-0.25, -0.2) is 9.97 Å². The van der Waals surface area contributed by atoms with Crippen LogP contribution < -0.4 is 4.74 Å². The number of nitrogens with zero attached hydrogens (tertiary/aromatic N) is 2. The Labute approximate surface area is 102 Å². The van der Waals surface area contributed by atoms with Crippen LogP contribution >= 0.6 is 11.6 Å². The van der Waals surface area contributed by atoms with E-state index in [0.29, 0.717) is 17.6 Å². The Hall–Kier alpha value is -1.09. The first-order valence-corrected chi connectivity index (χ1v) is 5.67. The minimum Gasteiger partial charge on any atom is -0.477 e. The molecule has 3 nitrogen and oxygen atoms in total. The number of rotatable bonds is 5. The second-order valence-corrected chi connectivity index (χ2v) is 4.45. The van der Waals surface area contributed by atoms with Crippen molar-refractivity contribution in [3.05, 3.63) is 29.2 Å². The van der Waals surface area contributed by atoms with Crippen molar-refractivity contribution in [2.24, 2.45) is 0 Å². The molecule has 0 saturated heterocycles. The highest BCUT2D eigenvalue weighted by Crippen LogP contribution is 2.29. The Balaban J connectivity index is 2.79. The average Bonchev–Trinajstić information content (AvgIpc) is 2.16. The van der Waals surface area contributed by atoms with Gasteiger partial charge in [0.1, 0.15) is 11.5 Å². The second kappa shape index (κ2) is 5.85. The van der Waals surface area contributed by atoms with Gasteiger partial charge in [-0.3, -0.25) is 0 Å². The van der Waals surface area contributed by atoms with Gasteiger partial charge in [0, 0.05) is 6.42 Å². The number of ether oxygens (including phenoxy) is 1. The Kier molecular flexibility index (Phi) is 4.74. The molecule has 88 valence electrons. The highest BCUT2D eigenvalue weighted by atomic mass is 35.5. The van der Waals surface area contributed by atoms with Crippen LogP contribution in [0.4, 0.5) is 0 Å². The zero-order valence-electron chi connectivity index (χ0n) is 9.96. The van der Waals surface area contributed by atoms with Crippen LogP contribution in [0, 0.1) is 0 Å². The summed E-state index contributed by atoms with van der Waals surface area (Å²) in [7, 11) is 0. The molecule has 4 heteroatoms. The molecule has 0 saturated carbocycles. The third-order valence-corrected chi connectivity index (χ3v) is 2.44. The Morgan fingerprint density at radius 3 is 2.75 bits per heavy atom.